The molecular formula is C13H12BrFS. The molecule has 1 atom stereocenters. The number of alkyl halides is 1. The maximum atomic E-state index is 13.1. The molecule has 0 aliphatic rings. The quantitative estimate of drug-likeness (QED) is 0.709. The van der Waals surface area contributed by atoms with Crippen molar-refractivity contribution in [2.45, 2.75) is 18.2 Å². The van der Waals surface area contributed by atoms with Crippen molar-refractivity contribution >= 4 is 27.3 Å². The van der Waals surface area contributed by atoms with Crippen LogP contribution in [0.25, 0.3) is 0 Å². The summed E-state index contributed by atoms with van der Waals surface area (Å²) in [5.74, 6) is -0.140. The van der Waals surface area contributed by atoms with Crippen LogP contribution in [0.5, 0.6) is 0 Å². The highest BCUT2D eigenvalue weighted by Gasteiger charge is 2.10. The maximum absolute atomic E-state index is 13.1. The minimum absolute atomic E-state index is 0.140. The molecular weight excluding hydrogens is 287 g/mol. The zero-order valence-electron chi connectivity index (χ0n) is 8.91. The zero-order chi connectivity index (χ0) is 11.5. The molecule has 0 aliphatic heterocycles. The normalized spacial score (nSPS) is 12.7. The van der Waals surface area contributed by atoms with E-state index in [2.05, 4.69) is 32.8 Å². The number of rotatable bonds is 3. The van der Waals surface area contributed by atoms with Gasteiger partial charge in [0, 0.05) is 4.83 Å². The van der Waals surface area contributed by atoms with E-state index in [9.17, 15) is 4.39 Å². The van der Waals surface area contributed by atoms with E-state index in [4.69, 9.17) is 0 Å². The monoisotopic (exact) mass is 298 g/mol. The van der Waals surface area contributed by atoms with Crippen molar-refractivity contribution in [2.24, 2.45) is 0 Å². The Morgan fingerprint density at radius 3 is 2.81 bits per heavy atom. The van der Waals surface area contributed by atoms with Crippen molar-refractivity contribution in [3.05, 3.63) is 57.5 Å². The van der Waals surface area contributed by atoms with Crippen LogP contribution in [-0.2, 0) is 6.42 Å². The van der Waals surface area contributed by atoms with Crippen molar-refractivity contribution < 1.29 is 4.39 Å². The molecule has 0 saturated carbocycles. The number of benzene rings is 1. The lowest BCUT2D eigenvalue weighted by Gasteiger charge is -2.10. The fraction of sp³-hybridized carbons (Fsp3) is 0.231. The first-order valence-corrected chi connectivity index (χ1v) is 6.94. The van der Waals surface area contributed by atoms with Gasteiger partial charge < -0.3 is 0 Å². The Bertz CT molecular complexity index is 465. The second kappa shape index (κ2) is 5.11. The largest absolute Gasteiger partial charge is 0.207 e. The van der Waals surface area contributed by atoms with E-state index < -0.39 is 0 Å². The molecule has 2 aromatic rings. The number of thiophene rings is 1. The van der Waals surface area contributed by atoms with E-state index in [0.29, 0.717) is 5.56 Å². The molecule has 3 heteroatoms. The third-order valence-electron chi connectivity index (χ3n) is 2.54. The van der Waals surface area contributed by atoms with E-state index in [0.717, 1.165) is 12.0 Å². The van der Waals surface area contributed by atoms with Crippen LogP contribution < -0.4 is 0 Å². The predicted molar refractivity (Wildman–Crippen MR) is 70.8 cm³/mol. The van der Waals surface area contributed by atoms with Crippen molar-refractivity contribution in [3.63, 3.8) is 0 Å². The highest BCUT2D eigenvalue weighted by atomic mass is 79.9. The van der Waals surface area contributed by atoms with E-state index >= 15 is 0 Å². The second-order valence-electron chi connectivity index (χ2n) is 3.81. The summed E-state index contributed by atoms with van der Waals surface area (Å²) in [4.78, 5) is 0.251. The lowest BCUT2D eigenvalue weighted by molar-refractivity contribution is 0.617. The molecule has 0 aliphatic carbocycles. The first-order chi connectivity index (χ1) is 7.66. The summed E-state index contributed by atoms with van der Waals surface area (Å²) in [6.07, 6.45) is 0.939. The van der Waals surface area contributed by atoms with Crippen LogP contribution in [0.2, 0.25) is 0 Å². The third-order valence-corrected chi connectivity index (χ3v) is 4.12. The third kappa shape index (κ3) is 2.71. The van der Waals surface area contributed by atoms with Gasteiger partial charge in [0.1, 0.15) is 5.82 Å². The lowest BCUT2D eigenvalue weighted by Crippen LogP contribution is -1.95. The summed E-state index contributed by atoms with van der Waals surface area (Å²) >= 11 is 5.35. The Kier molecular flexibility index (Phi) is 3.77. The summed E-state index contributed by atoms with van der Waals surface area (Å²) in [6.45, 7) is 1.79. The molecule has 0 N–H and O–H groups in total. The van der Waals surface area contributed by atoms with Gasteiger partial charge in [0.05, 0.1) is 0 Å². The Morgan fingerprint density at radius 2 is 2.19 bits per heavy atom. The van der Waals surface area contributed by atoms with Gasteiger partial charge in [-0.15, -0.1) is 0 Å². The van der Waals surface area contributed by atoms with Gasteiger partial charge in [0.25, 0.3) is 0 Å². The Hall–Kier alpha value is -0.670. The molecule has 0 spiro atoms. The molecule has 0 amide bonds. The average molecular weight is 299 g/mol. The van der Waals surface area contributed by atoms with Crippen LogP contribution in [-0.4, -0.2) is 0 Å². The smallest absolute Gasteiger partial charge is 0.126 e. The van der Waals surface area contributed by atoms with E-state index in [1.807, 2.05) is 12.1 Å². The lowest BCUT2D eigenvalue weighted by atomic mass is 10.0. The van der Waals surface area contributed by atoms with Crippen molar-refractivity contribution in [1.29, 1.82) is 0 Å². The van der Waals surface area contributed by atoms with E-state index in [1.54, 1.807) is 18.3 Å². The first-order valence-electron chi connectivity index (χ1n) is 5.08. The van der Waals surface area contributed by atoms with Crippen molar-refractivity contribution in [1.82, 2.24) is 0 Å². The van der Waals surface area contributed by atoms with Crippen LogP contribution in [0.15, 0.2) is 35.0 Å². The molecule has 0 fully saturated rings. The number of hydrogen-bond donors (Lipinski definition) is 0. The van der Waals surface area contributed by atoms with Gasteiger partial charge in [-0.3, -0.25) is 0 Å². The molecule has 0 bridgehead atoms. The van der Waals surface area contributed by atoms with Crippen LogP contribution in [0.4, 0.5) is 4.39 Å². The standard InChI is InChI=1S/C13H12BrFS/c1-9-6-11(2-3-13(9)15)12(14)7-10-4-5-16-8-10/h2-6,8,12H,7H2,1H3. The molecule has 1 unspecified atom stereocenters. The molecule has 84 valence electrons. The Balaban J connectivity index is 2.14. The van der Waals surface area contributed by atoms with Gasteiger partial charge in [-0.25, -0.2) is 4.39 Å². The highest BCUT2D eigenvalue weighted by Crippen LogP contribution is 2.28. The minimum Gasteiger partial charge on any atom is -0.207 e. The summed E-state index contributed by atoms with van der Waals surface area (Å²) in [7, 11) is 0. The predicted octanol–water partition coefficient (Wildman–Crippen LogP) is 4.87. The van der Waals surface area contributed by atoms with Crippen LogP contribution in [0, 0.1) is 12.7 Å². The van der Waals surface area contributed by atoms with Gasteiger partial charge in [0.2, 0.25) is 0 Å². The van der Waals surface area contributed by atoms with Gasteiger partial charge >= 0.3 is 0 Å². The molecule has 0 nitrogen and oxygen atoms in total. The fourth-order valence-corrected chi connectivity index (χ4v) is 2.94. The molecule has 2 rings (SSSR count). The average Bonchev–Trinajstić information content (AvgIpc) is 2.74. The summed E-state index contributed by atoms with van der Waals surface area (Å²) in [5.41, 5.74) is 3.14. The second-order valence-corrected chi connectivity index (χ2v) is 5.70. The summed E-state index contributed by atoms with van der Waals surface area (Å²) < 4.78 is 13.1. The van der Waals surface area contributed by atoms with E-state index in [1.165, 1.54) is 11.6 Å². The van der Waals surface area contributed by atoms with Gasteiger partial charge in [-0.2, -0.15) is 11.3 Å². The van der Waals surface area contributed by atoms with Crippen LogP contribution in [0.3, 0.4) is 0 Å². The Morgan fingerprint density at radius 1 is 1.38 bits per heavy atom. The van der Waals surface area contributed by atoms with Crippen molar-refractivity contribution in [2.75, 3.05) is 0 Å². The molecule has 1 aromatic carbocycles. The van der Waals surface area contributed by atoms with Gasteiger partial charge in [-0.05, 0) is 52.9 Å². The fourth-order valence-electron chi connectivity index (χ4n) is 1.60. The molecule has 1 aromatic heterocycles. The summed E-state index contributed by atoms with van der Waals surface area (Å²) in [5, 5.41) is 4.22. The van der Waals surface area contributed by atoms with E-state index in [-0.39, 0.29) is 10.6 Å². The number of halogens is 2. The minimum atomic E-state index is -0.140. The van der Waals surface area contributed by atoms with Crippen LogP contribution in [0.1, 0.15) is 21.5 Å². The zero-order valence-corrected chi connectivity index (χ0v) is 11.3. The maximum Gasteiger partial charge on any atom is 0.126 e. The number of aryl methyl sites for hydroxylation is 1. The van der Waals surface area contributed by atoms with Gasteiger partial charge in [0.15, 0.2) is 0 Å². The number of hydrogen-bond acceptors (Lipinski definition) is 1. The highest BCUT2D eigenvalue weighted by molar-refractivity contribution is 9.09. The summed E-state index contributed by atoms with van der Waals surface area (Å²) in [6, 6.07) is 7.40. The molecule has 0 radical (unpaired) electrons. The first kappa shape index (κ1) is 11.8. The van der Waals surface area contributed by atoms with Crippen LogP contribution >= 0.6 is 27.3 Å². The Labute approximate surface area is 107 Å². The van der Waals surface area contributed by atoms with Gasteiger partial charge in [-0.1, -0.05) is 28.1 Å². The topological polar surface area (TPSA) is 0 Å². The molecule has 16 heavy (non-hydrogen) atoms. The molecule has 1 heterocycles. The SMILES string of the molecule is Cc1cc(C(Br)Cc2ccsc2)ccc1F. The van der Waals surface area contributed by atoms with Crippen molar-refractivity contribution in [3.8, 4) is 0 Å². The molecule has 0 saturated heterocycles.